The van der Waals surface area contributed by atoms with Crippen LogP contribution in [0.1, 0.15) is 37.7 Å². The smallest absolute Gasteiger partial charge is 0.274 e. The van der Waals surface area contributed by atoms with Crippen LogP contribution in [0.5, 0.6) is 0 Å². The minimum absolute atomic E-state index is 0.0362. The van der Waals surface area contributed by atoms with Crippen LogP contribution in [0, 0.1) is 0 Å². The molecule has 0 aromatic carbocycles. The largest absolute Gasteiger partial charge is 0.383 e. The van der Waals surface area contributed by atoms with Gasteiger partial charge in [-0.05, 0) is 26.3 Å². The van der Waals surface area contributed by atoms with Crippen LogP contribution in [0.15, 0.2) is 16.9 Å². The van der Waals surface area contributed by atoms with Crippen LogP contribution in [0.2, 0.25) is 0 Å². The normalized spacial score (nSPS) is 12.2. The monoisotopic (exact) mass is 281 g/mol. The van der Waals surface area contributed by atoms with Gasteiger partial charge in [0.15, 0.2) is 0 Å². The number of ether oxygens (including phenoxy) is 1. The van der Waals surface area contributed by atoms with Crippen LogP contribution >= 0.6 is 0 Å². The molecular formula is C14H23N3O3. The number of hydrogen-bond donors (Lipinski definition) is 0. The minimum atomic E-state index is -0.184. The van der Waals surface area contributed by atoms with E-state index in [1.165, 1.54) is 16.8 Å². The van der Waals surface area contributed by atoms with Crippen molar-refractivity contribution in [3.63, 3.8) is 0 Å². The van der Waals surface area contributed by atoms with Gasteiger partial charge >= 0.3 is 0 Å². The van der Waals surface area contributed by atoms with Gasteiger partial charge in [-0.15, -0.1) is 0 Å². The van der Waals surface area contributed by atoms with E-state index in [0.717, 1.165) is 6.42 Å². The van der Waals surface area contributed by atoms with E-state index in [2.05, 4.69) is 5.10 Å². The fourth-order valence-corrected chi connectivity index (χ4v) is 2.07. The fraction of sp³-hybridized carbons (Fsp3) is 0.643. The number of aromatic nitrogens is 2. The van der Waals surface area contributed by atoms with Crippen molar-refractivity contribution in [3.05, 3.63) is 28.2 Å². The zero-order valence-electron chi connectivity index (χ0n) is 12.6. The zero-order chi connectivity index (χ0) is 15.1. The Kier molecular flexibility index (Phi) is 6.38. The van der Waals surface area contributed by atoms with Crippen molar-refractivity contribution in [2.75, 3.05) is 20.3 Å². The van der Waals surface area contributed by atoms with Crippen molar-refractivity contribution >= 4 is 5.91 Å². The Morgan fingerprint density at radius 1 is 1.45 bits per heavy atom. The van der Waals surface area contributed by atoms with E-state index in [9.17, 15) is 9.59 Å². The van der Waals surface area contributed by atoms with Crippen LogP contribution in [0.3, 0.4) is 0 Å². The molecule has 0 fully saturated rings. The Morgan fingerprint density at radius 3 is 2.70 bits per heavy atom. The maximum absolute atomic E-state index is 12.5. The van der Waals surface area contributed by atoms with Crippen molar-refractivity contribution < 1.29 is 9.53 Å². The number of hydrogen-bond acceptors (Lipinski definition) is 4. The third-order valence-electron chi connectivity index (χ3n) is 3.06. The minimum Gasteiger partial charge on any atom is -0.383 e. The number of methoxy groups -OCH3 is 1. The van der Waals surface area contributed by atoms with Gasteiger partial charge in [0.1, 0.15) is 5.69 Å². The number of rotatable bonds is 7. The predicted molar refractivity (Wildman–Crippen MR) is 76.8 cm³/mol. The highest BCUT2D eigenvalue weighted by molar-refractivity contribution is 5.92. The summed E-state index contributed by atoms with van der Waals surface area (Å²) in [7, 11) is 1.61. The highest BCUT2D eigenvalue weighted by atomic mass is 16.5. The first-order chi connectivity index (χ1) is 9.54. The third-order valence-corrected chi connectivity index (χ3v) is 3.06. The van der Waals surface area contributed by atoms with Gasteiger partial charge in [-0.25, -0.2) is 4.68 Å². The molecule has 1 unspecified atom stereocenters. The van der Waals surface area contributed by atoms with Gasteiger partial charge in [0.2, 0.25) is 0 Å². The molecule has 6 nitrogen and oxygen atoms in total. The van der Waals surface area contributed by atoms with Crippen molar-refractivity contribution in [2.45, 2.75) is 39.8 Å². The maximum atomic E-state index is 12.5. The fourth-order valence-electron chi connectivity index (χ4n) is 2.07. The number of aryl methyl sites for hydroxylation is 1. The number of nitrogens with zero attached hydrogens (tertiary/aromatic N) is 3. The van der Waals surface area contributed by atoms with Crippen LogP contribution in [0.4, 0.5) is 0 Å². The molecule has 1 aromatic rings. The second kappa shape index (κ2) is 7.79. The summed E-state index contributed by atoms with van der Waals surface area (Å²) in [5, 5.41) is 4.15. The summed E-state index contributed by atoms with van der Waals surface area (Å²) in [6.07, 6.45) is 0.794. The topological polar surface area (TPSA) is 64.4 Å². The summed E-state index contributed by atoms with van der Waals surface area (Å²) in [6.45, 7) is 7.34. The average molecular weight is 281 g/mol. The van der Waals surface area contributed by atoms with Gasteiger partial charge in [-0.2, -0.15) is 5.10 Å². The Bertz CT molecular complexity index is 499. The van der Waals surface area contributed by atoms with Gasteiger partial charge in [-0.3, -0.25) is 9.59 Å². The molecule has 1 amide bonds. The van der Waals surface area contributed by atoms with E-state index in [4.69, 9.17) is 4.74 Å². The van der Waals surface area contributed by atoms with E-state index < -0.39 is 0 Å². The quantitative estimate of drug-likeness (QED) is 0.752. The van der Waals surface area contributed by atoms with Gasteiger partial charge in [0.25, 0.3) is 11.5 Å². The lowest BCUT2D eigenvalue weighted by Crippen LogP contribution is -2.42. The van der Waals surface area contributed by atoms with Crippen LogP contribution in [-0.4, -0.2) is 46.9 Å². The van der Waals surface area contributed by atoms with Crippen LogP contribution in [-0.2, 0) is 11.3 Å². The third kappa shape index (κ3) is 3.90. The number of likely N-dealkylation sites (N-methyl/N-ethyl adjacent to an activating group) is 1. The highest BCUT2D eigenvalue weighted by Crippen LogP contribution is 2.06. The highest BCUT2D eigenvalue weighted by Gasteiger charge is 2.21. The molecule has 1 aromatic heterocycles. The maximum Gasteiger partial charge on any atom is 0.274 e. The van der Waals surface area contributed by atoms with Crippen LogP contribution in [0.25, 0.3) is 0 Å². The Labute approximate surface area is 119 Å². The predicted octanol–water partition coefficient (Wildman–Crippen LogP) is 1.15. The van der Waals surface area contributed by atoms with E-state index in [1.54, 1.807) is 12.0 Å². The molecule has 0 aliphatic rings. The molecule has 1 rings (SSSR count). The number of carbonyl (C=O) groups excluding carboxylic acids is 1. The standard InChI is InChI=1S/C14H23N3O3/c1-5-9-17-13(18)8-7-12(15-17)14(19)16(6-2)11(3)10-20-4/h7-8,11H,5-6,9-10H2,1-4H3. The first kappa shape index (κ1) is 16.4. The summed E-state index contributed by atoms with van der Waals surface area (Å²) in [5.41, 5.74) is 0.110. The molecule has 20 heavy (non-hydrogen) atoms. The molecule has 1 atom stereocenters. The van der Waals surface area contributed by atoms with E-state index >= 15 is 0 Å². The van der Waals surface area contributed by atoms with Crippen molar-refractivity contribution in [1.82, 2.24) is 14.7 Å². The van der Waals surface area contributed by atoms with Crippen LogP contribution < -0.4 is 5.56 Å². The lowest BCUT2D eigenvalue weighted by atomic mass is 10.2. The van der Waals surface area contributed by atoms with E-state index in [-0.39, 0.29) is 17.5 Å². The molecule has 0 bridgehead atoms. The van der Waals surface area contributed by atoms with Crippen molar-refractivity contribution in [3.8, 4) is 0 Å². The number of amides is 1. The lowest BCUT2D eigenvalue weighted by molar-refractivity contribution is 0.0571. The summed E-state index contributed by atoms with van der Waals surface area (Å²) >= 11 is 0. The SMILES string of the molecule is CCCn1nc(C(=O)N(CC)C(C)COC)ccc1=O. The summed E-state index contributed by atoms with van der Waals surface area (Å²) in [6, 6.07) is 2.84. The Hall–Kier alpha value is -1.69. The van der Waals surface area contributed by atoms with Gasteiger partial charge < -0.3 is 9.64 Å². The molecular weight excluding hydrogens is 258 g/mol. The molecule has 1 heterocycles. The molecule has 0 N–H and O–H groups in total. The zero-order valence-corrected chi connectivity index (χ0v) is 12.6. The van der Waals surface area contributed by atoms with Crippen molar-refractivity contribution in [2.24, 2.45) is 0 Å². The molecule has 0 aliphatic carbocycles. The molecule has 6 heteroatoms. The molecule has 0 spiro atoms. The Balaban J connectivity index is 3.00. The lowest BCUT2D eigenvalue weighted by Gasteiger charge is -2.27. The summed E-state index contributed by atoms with van der Waals surface area (Å²) in [4.78, 5) is 25.8. The van der Waals surface area contributed by atoms with Crippen molar-refractivity contribution in [1.29, 1.82) is 0 Å². The average Bonchev–Trinajstić information content (AvgIpc) is 2.42. The second-order valence-corrected chi connectivity index (χ2v) is 4.68. The molecule has 112 valence electrons. The molecule has 0 saturated heterocycles. The Morgan fingerprint density at radius 2 is 2.15 bits per heavy atom. The van der Waals surface area contributed by atoms with Gasteiger partial charge in [-0.1, -0.05) is 6.92 Å². The molecule has 0 saturated carbocycles. The van der Waals surface area contributed by atoms with E-state index in [1.807, 2.05) is 20.8 Å². The summed E-state index contributed by atoms with van der Waals surface area (Å²) < 4.78 is 6.42. The first-order valence-corrected chi connectivity index (χ1v) is 6.93. The molecule has 0 radical (unpaired) electrons. The second-order valence-electron chi connectivity index (χ2n) is 4.68. The van der Waals surface area contributed by atoms with E-state index in [0.29, 0.717) is 25.4 Å². The summed E-state index contributed by atoms with van der Waals surface area (Å²) in [5.74, 6) is -0.179. The molecule has 0 aliphatic heterocycles. The first-order valence-electron chi connectivity index (χ1n) is 6.93. The van der Waals surface area contributed by atoms with Gasteiger partial charge in [0.05, 0.1) is 12.6 Å². The van der Waals surface area contributed by atoms with Gasteiger partial charge in [0, 0.05) is 26.3 Å². The number of carbonyl (C=O) groups is 1.